The van der Waals surface area contributed by atoms with E-state index in [0.29, 0.717) is 11.3 Å². The lowest BCUT2D eigenvalue weighted by Gasteiger charge is -2.22. The third kappa shape index (κ3) is 1.39. The molecule has 0 atom stereocenters. The van der Waals surface area contributed by atoms with Gasteiger partial charge in [0, 0.05) is 6.20 Å². The molecule has 2 aromatic heterocycles. The van der Waals surface area contributed by atoms with Crippen LogP contribution >= 0.6 is 0 Å². The molecule has 0 bridgehead atoms. The number of hydrogen-bond donors (Lipinski definition) is 3. The molecule has 5 heteroatoms. The van der Waals surface area contributed by atoms with Gasteiger partial charge in [-0.1, -0.05) is 20.8 Å². The minimum Gasteiger partial charge on any atom is -0.382 e. The Morgan fingerprint density at radius 1 is 1.50 bits per heavy atom. The van der Waals surface area contributed by atoms with Gasteiger partial charge < -0.3 is 10.7 Å². The van der Waals surface area contributed by atoms with Crippen LogP contribution < -0.4 is 11.3 Å². The van der Waals surface area contributed by atoms with E-state index in [1.54, 1.807) is 0 Å². The van der Waals surface area contributed by atoms with Crippen molar-refractivity contribution in [2.45, 2.75) is 32.6 Å². The molecule has 86 valence electrons. The maximum Gasteiger partial charge on any atom is 0.288 e. The lowest BCUT2D eigenvalue weighted by molar-refractivity contribution is 0.510. The van der Waals surface area contributed by atoms with E-state index in [2.05, 4.69) is 36.0 Å². The van der Waals surface area contributed by atoms with Gasteiger partial charge in [-0.05, 0) is 17.4 Å². The zero-order valence-corrected chi connectivity index (χ0v) is 9.72. The van der Waals surface area contributed by atoms with Crippen LogP contribution in [0.3, 0.4) is 0 Å². The summed E-state index contributed by atoms with van der Waals surface area (Å²) in [5.74, 6) is 0.368. The van der Waals surface area contributed by atoms with E-state index in [4.69, 9.17) is 5.73 Å². The third-order valence-corrected chi connectivity index (χ3v) is 3.25. The van der Waals surface area contributed by atoms with Crippen molar-refractivity contribution in [2.75, 3.05) is 5.73 Å². The number of fused-ring (bicyclic) bond motifs is 1. The molecule has 0 amide bonds. The quantitative estimate of drug-likeness (QED) is 0.717. The van der Waals surface area contributed by atoms with Gasteiger partial charge in [0.15, 0.2) is 5.82 Å². The van der Waals surface area contributed by atoms with Crippen LogP contribution in [0.1, 0.15) is 32.8 Å². The zero-order chi connectivity index (χ0) is 11.9. The van der Waals surface area contributed by atoms with Crippen LogP contribution in [0.4, 0.5) is 5.82 Å². The highest BCUT2D eigenvalue weighted by Gasteiger charge is 2.24. The average molecular weight is 220 g/mol. The van der Waals surface area contributed by atoms with Gasteiger partial charge in [0.05, 0.1) is 5.39 Å². The first kappa shape index (κ1) is 10.7. The van der Waals surface area contributed by atoms with E-state index in [1.807, 2.05) is 6.20 Å². The standard InChI is InChI=1S/C11H16N4O/c1-4-11(2,3)6-5-13-8-7(6)9(12)14-15-10(8)16/h5,13H,4H2,1-3H3,(H2,12,14)(H,15,16). The maximum atomic E-state index is 11.6. The molecule has 2 rings (SSSR count). The summed E-state index contributed by atoms with van der Waals surface area (Å²) in [4.78, 5) is 14.5. The Balaban J connectivity index is 2.84. The Labute approximate surface area is 93.1 Å². The molecule has 0 radical (unpaired) electrons. The number of rotatable bonds is 2. The Kier molecular flexibility index (Phi) is 2.26. The smallest absolute Gasteiger partial charge is 0.288 e. The summed E-state index contributed by atoms with van der Waals surface area (Å²) in [7, 11) is 0. The fourth-order valence-corrected chi connectivity index (χ4v) is 1.82. The van der Waals surface area contributed by atoms with Crippen LogP contribution in [0, 0.1) is 0 Å². The van der Waals surface area contributed by atoms with Crippen molar-refractivity contribution in [2.24, 2.45) is 0 Å². The topological polar surface area (TPSA) is 87.6 Å². The van der Waals surface area contributed by atoms with Gasteiger partial charge in [-0.2, -0.15) is 5.10 Å². The van der Waals surface area contributed by atoms with Gasteiger partial charge >= 0.3 is 0 Å². The molecule has 0 spiro atoms. The van der Waals surface area contributed by atoms with Crippen molar-refractivity contribution in [3.63, 3.8) is 0 Å². The number of nitrogens with zero attached hydrogens (tertiary/aromatic N) is 1. The van der Waals surface area contributed by atoms with E-state index in [0.717, 1.165) is 17.4 Å². The molecule has 0 saturated carbocycles. The fraction of sp³-hybridized carbons (Fsp3) is 0.455. The second-order valence-electron chi connectivity index (χ2n) is 4.63. The minimum atomic E-state index is -0.234. The molecule has 0 unspecified atom stereocenters. The molecule has 0 fully saturated rings. The minimum absolute atomic E-state index is 0.0259. The van der Waals surface area contributed by atoms with Crippen molar-refractivity contribution in [1.29, 1.82) is 0 Å². The molecular weight excluding hydrogens is 204 g/mol. The molecule has 0 saturated heterocycles. The number of nitrogens with two attached hydrogens (primary N) is 1. The number of H-pyrrole nitrogens is 2. The van der Waals surface area contributed by atoms with Crippen molar-refractivity contribution >= 4 is 16.7 Å². The Morgan fingerprint density at radius 2 is 2.19 bits per heavy atom. The van der Waals surface area contributed by atoms with Gasteiger partial charge in [-0.3, -0.25) is 4.79 Å². The van der Waals surface area contributed by atoms with Gasteiger partial charge in [0.2, 0.25) is 0 Å². The van der Waals surface area contributed by atoms with Crippen LogP contribution in [0.15, 0.2) is 11.0 Å². The maximum absolute atomic E-state index is 11.6. The number of anilines is 1. The molecule has 0 aliphatic carbocycles. The SMILES string of the molecule is CCC(C)(C)c1c[nH]c2c(=O)[nH]nc(N)c12. The van der Waals surface area contributed by atoms with Gasteiger partial charge in [0.25, 0.3) is 5.56 Å². The van der Waals surface area contributed by atoms with E-state index >= 15 is 0 Å². The predicted octanol–water partition coefficient (Wildman–Crippen LogP) is 1.52. The van der Waals surface area contributed by atoms with Crippen LogP contribution in [0.5, 0.6) is 0 Å². The molecule has 5 nitrogen and oxygen atoms in total. The highest BCUT2D eigenvalue weighted by atomic mass is 16.1. The number of aromatic amines is 2. The van der Waals surface area contributed by atoms with Crippen LogP contribution in [0.25, 0.3) is 10.9 Å². The molecule has 0 aliphatic rings. The van der Waals surface area contributed by atoms with E-state index in [-0.39, 0.29) is 11.0 Å². The fourth-order valence-electron chi connectivity index (χ4n) is 1.82. The summed E-state index contributed by atoms with van der Waals surface area (Å²) in [5, 5.41) is 6.92. The predicted molar refractivity (Wildman–Crippen MR) is 64.4 cm³/mol. The number of nitrogens with one attached hydrogen (secondary N) is 2. The first-order valence-electron chi connectivity index (χ1n) is 5.33. The number of hydrogen-bond acceptors (Lipinski definition) is 3. The molecular formula is C11H16N4O. The van der Waals surface area contributed by atoms with Crippen molar-refractivity contribution in [3.05, 3.63) is 22.1 Å². The van der Waals surface area contributed by atoms with Crippen LogP contribution in [-0.4, -0.2) is 15.2 Å². The monoisotopic (exact) mass is 220 g/mol. The lowest BCUT2D eigenvalue weighted by Crippen LogP contribution is -2.17. The van der Waals surface area contributed by atoms with Gasteiger partial charge in [-0.15, -0.1) is 0 Å². The normalized spacial score (nSPS) is 12.2. The van der Waals surface area contributed by atoms with Crippen molar-refractivity contribution in [1.82, 2.24) is 15.2 Å². The second-order valence-corrected chi connectivity index (χ2v) is 4.63. The van der Waals surface area contributed by atoms with Gasteiger partial charge in [0.1, 0.15) is 5.52 Å². The zero-order valence-electron chi connectivity index (χ0n) is 9.72. The van der Waals surface area contributed by atoms with Gasteiger partial charge in [-0.25, -0.2) is 5.10 Å². The van der Waals surface area contributed by atoms with Crippen LogP contribution in [0.2, 0.25) is 0 Å². The molecule has 2 aromatic rings. The first-order valence-corrected chi connectivity index (χ1v) is 5.33. The Hall–Kier alpha value is -1.78. The number of nitrogen functional groups attached to an aromatic ring is 1. The van der Waals surface area contributed by atoms with Crippen LogP contribution in [-0.2, 0) is 5.41 Å². The number of aromatic nitrogens is 3. The molecule has 0 aliphatic heterocycles. The molecule has 16 heavy (non-hydrogen) atoms. The van der Waals surface area contributed by atoms with E-state index in [9.17, 15) is 4.79 Å². The molecule has 4 N–H and O–H groups in total. The summed E-state index contributed by atoms with van der Waals surface area (Å²) >= 11 is 0. The van der Waals surface area contributed by atoms with Crippen molar-refractivity contribution in [3.8, 4) is 0 Å². The van der Waals surface area contributed by atoms with E-state index in [1.165, 1.54) is 0 Å². The highest BCUT2D eigenvalue weighted by Crippen LogP contribution is 2.33. The van der Waals surface area contributed by atoms with E-state index < -0.39 is 0 Å². The second kappa shape index (κ2) is 3.37. The Bertz CT molecular complexity index is 579. The largest absolute Gasteiger partial charge is 0.382 e. The summed E-state index contributed by atoms with van der Waals surface area (Å²) in [6.45, 7) is 6.35. The Morgan fingerprint density at radius 3 is 2.81 bits per heavy atom. The summed E-state index contributed by atoms with van der Waals surface area (Å²) < 4.78 is 0. The molecule has 2 heterocycles. The average Bonchev–Trinajstić information content (AvgIpc) is 2.70. The van der Waals surface area contributed by atoms with Crippen molar-refractivity contribution < 1.29 is 0 Å². The first-order chi connectivity index (χ1) is 7.47. The summed E-state index contributed by atoms with van der Waals surface area (Å²) in [6, 6.07) is 0. The summed E-state index contributed by atoms with van der Waals surface area (Å²) in [5.41, 5.74) is 7.11. The molecule has 0 aromatic carbocycles. The third-order valence-electron chi connectivity index (χ3n) is 3.25. The lowest BCUT2D eigenvalue weighted by atomic mass is 9.82. The summed E-state index contributed by atoms with van der Waals surface area (Å²) in [6.07, 6.45) is 2.81. The highest BCUT2D eigenvalue weighted by molar-refractivity contribution is 5.91.